The van der Waals surface area contributed by atoms with Crippen molar-refractivity contribution >= 4 is 44.8 Å². The zero-order chi connectivity index (χ0) is 22.6. The fourth-order valence-corrected chi connectivity index (χ4v) is 4.76. The van der Waals surface area contributed by atoms with Crippen LogP contribution in [0.3, 0.4) is 0 Å². The quantitative estimate of drug-likeness (QED) is 0.513. The molecule has 3 aromatic rings. The molecule has 0 fully saturated rings. The van der Waals surface area contributed by atoms with Gasteiger partial charge in [-0.2, -0.15) is 0 Å². The predicted octanol–water partition coefficient (Wildman–Crippen LogP) is 5.08. The average molecular weight is 479 g/mol. The Balaban J connectivity index is 1.79. The number of sulfonamides is 1. The first kappa shape index (κ1) is 22.9. The van der Waals surface area contributed by atoms with Crippen molar-refractivity contribution in [1.82, 2.24) is 4.90 Å². The van der Waals surface area contributed by atoms with Crippen LogP contribution in [0.15, 0.2) is 71.6 Å². The number of anilines is 1. The first-order chi connectivity index (χ1) is 14.7. The summed E-state index contributed by atoms with van der Waals surface area (Å²) >= 11 is 11.9. The van der Waals surface area contributed by atoms with Crippen molar-refractivity contribution in [3.8, 4) is 5.75 Å². The molecule has 0 saturated heterocycles. The number of ether oxygens (including phenoxy) is 1. The van der Waals surface area contributed by atoms with Crippen molar-refractivity contribution in [2.75, 3.05) is 18.9 Å². The van der Waals surface area contributed by atoms with Gasteiger partial charge in [0.1, 0.15) is 10.6 Å². The van der Waals surface area contributed by atoms with Gasteiger partial charge in [0, 0.05) is 29.9 Å². The maximum absolute atomic E-state index is 12.9. The largest absolute Gasteiger partial charge is 0.497 e. The lowest BCUT2D eigenvalue weighted by atomic mass is 10.1. The van der Waals surface area contributed by atoms with E-state index >= 15 is 0 Å². The molecule has 0 aliphatic rings. The molecule has 3 rings (SSSR count). The summed E-state index contributed by atoms with van der Waals surface area (Å²) in [6, 6.07) is 17.8. The van der Waals surface area contributed by atoms with Gasteiger partial charge < -0.3 is 9.64 Å². The first-order valence-corrected chi connectivity index (χ1v) is 11.4. The molecule has 1 N–H and O–H groups in total. The Morgan fingerprint density at radius 1 is 1.03 bits per heavy atom. The molecule has 0 bridgehead atoms. The molecule has 0 saturated carbocycles. The van der Waals surface area contributed by atoms with E-state index in [9.17, 15) is 13.2 Å². The molecule has 0 spiro atoms. The highest BCUT2D eigenvalue weighted by molar-refractivity contribution is 7.92. The number of hydrogen-bond acceptors (Lipinski definition) is 4. The lowest BCUT2D eigenvalue weighted by Crippen LogP contribution is -2.26. The molecule has 1 amide bonds. The van der Waals surface area contributed by atoms with Gasteiger partial charge in [0.2, 0.25) is 0 Å². The average Bonchev–Trinajstić information content (AvgIpc) is 2.74. The SMILES string of the molecule is COc1cccc(CN(C)C(=O)c2cccc(NS(=O)(=O)c3cc(Cl)ccc3Cl)c2)c1. The third kappa shape index (κ3) is 5.70. The Hall–Kier alpha value is -2.74. The van der Waals surface area contributed by atoms with E-state index in [-0.39, 0.29) is 26.5 Å². The van der Waals surface area contributed by atoms with Gasteiger partial charge >= 0.3 is 0 Å². The third-order valence-corrected chi connectivity index (χ3v) is 6.54. The monoisotopic (exact) mass is 478 g/mol. The molecule has 0 radical (unpaired) electrons. The summed E-state index contributed by atoms with van der Waals surface area (Å²) in [5.74, 6) is 0.444. The van der Waals surface area contributed by atoms with Crippen LogP contribution in [0.4, 0.5) is 5.69 Å². The van der Waals surface area contributed by atoms with Crippen molar-refractivity contribution in [3.63, 3.8) is 0 Å². The summed E-state index contributed by atoms with van der Waals surface area (Å²) < 4.78 is 33.1. The Labute approximate surface area is 191 Å². The molecule has 0 aromatic heterocycles. The predicted molar refractivity (Wildman–Crippen MR) is 123 cm³/mol. The van der Waals surface area contributed by atoms with Gasteiger partial charge in [-0.3, -0.25) is 9.52 Å². The van der Waals surface area contributed by atoms with Gasteiger partial charge in [-0.25, -0.2) is 8.42 Å². The van der Waals surface area contributed by atoms with Crippen molar-refractivity contribution in [2.45, 2.75) is 11.4 Å². The van der Waals surface area contributed by atoms with Crippen LogP contribution in [0.1, 0.15) is 15.9 Å². The summed E-state index contributed by atoms with van der Waals surface area (Å²) in [5, 5.41) is 0.287. The highest BCUT2D eigenvalue weighted by atomic mass is 35.5. The molecule has 9 heteroatoms. The molecular formula is C22H20Cl2N2O4S. The normalized spacial score (nSPS) is 11.1. The number of halogens is 2. The van der Waals surface area contributed by atoms with Crippen LogP contribution >= 0.6 is 23.2 Å². The van der Waals surface area contributed by atoms with Crippen LogP contribution in [0.2, 0.25) is 10.0 Å². The Kier molecular flexibility index (Phi) is 7.10. The molecular weight excluding hydrogens is 459 g/mol. The van der Waals surface area contributed by atoms with E-state index in [1.165, 1.54) is 29.2 Å². The van der Waals surface area contributed by atoms with E-state index in [4.69, 9.17) is 27.9 Å². The zero-order valence-electron chi connectivity index (χ0n) is 16.8. The summed E-state index contributed by atoms with van der Waals surface area (Å²) in [7, 11) is -0.739. The molecule has 0 heterocycles. The van der Waals surface area contributed by atoms with E-state index < -0.39 is 10.0 Å². The van der Waals surface area contributed by atoms with Crippen LogP contribution in [-0.4, -0.2) is 33.4 Å². The fourth-order valence-electron chi connectivity index (χ4n) is 2.95. The van der Waals surface area contributed by atoms with Gasteiger partial charge in [0.25, 0.3) is 15.9 Å². The molecule has 0 atom stereocenters. The molecule has 0 unspecified atom stereocenters. The highest BCUT2D eigenvalue weighted by Gasteiger charge is 2.20. The lowest BCUT2D eigenvalue weighted by Gasteiger charge is -2.18. The highest BCUT2D eigenvalue weighted by Crippen LogP contribution is 2.27. The maximum atomic E-state index is 12.9. The molecule has 162 valence electrons. The minimum atomic E-state index is -3.99. The number of carbonyl (C=O) groups excluding carboxylic acids is 1. The fraction of sp³-hybridized carbons (Fsp3) is 0.136. The van der Waals surface area contributed by atoms with E-state index in [1.54, 1.807) is 32.4 Å². The molecule has 3 aromatic carbocycles. The molecule has 6 nitrogen and oxygen atoms in total. The number of nitrogens with zero attached hydrogens (tertiary/aromatic N) is 1. The topological polar surface area (TPSA) is 75.7 Å². The van der Waals surface area contributed by atoms with Gasteiger partial charge in [-0.1, -0.05) is 41.4 Å². The van der Waals surface area contributed by atoms with Crippen molar-refractivity contribution < 1.29 is 17.9 Å². The van der Waals surface area contributed by atoms with Crippen LogP contribution in [0, 0.1) is 0 Å². The van der Waals surface area contributed by atoms with Crippen LogP contribution in [0.5, 0.6) is 5.75 Å². The number of benzene rings is 3. The van der Waals surface area contributed by atoms with Gasteiger partial charge in [0.15, 0.2) is 0 Å². The number of methoxy groups -OCH3 is 1. The van der Waals surface area contributed by atoms with Crippen molar-refractivity contribution in [2.24, 2.45) is 0 Å². The van der Waals surface area contributed by atoms with E-state index in [2.05, 4.69) is 4.72 Å². The summed E-state index contributed by atoms with van der Waals surface area (Å²) in [6.07, 6.45) is 0. The van der Waals surface area contributed by atoms with E-state index in [0.717, 1.165) is 5.56 Å². The van der Waals surface area contributed by atoms with Crippen molar-refractivity contribution in [1.29, 1.82) is 0 Å². The van der Waals surface area contributed by atoms with Crippen LogP contribution in [0.25, 0.3) is 0 Å². The van der Waals surface area contributed by atoms with Crippen molar-refractivity contribution in [3.05, 3.63) is 87.9 Å². The van der Waals surface area contributed by atoms with E-state index in [0.29, 0.717) is 17.9 Å². The number of rotatable bonds is 7. The van der Waals surface area contributed by atoms with Crippen LogP contribution in [-0.2, 0) is 16.6 Å². The summed E-state index contributed by atoms with van der Waals surface area (Å²) in [4.78, 5) is 14.3. The number of carbonyl (C=O) groups is 1. The second kappa shape index (κ2) is 9.60. The number of hydrogen-bond donors (Lipinski definition) is 1. The minimum absolute atomic E-state index is 0.0437. The molecule has 0 aliphatic carbocycles. The van der Waals surface area contributed by atoms with Crippen LogP contribution < -0.4 is 9.46 Å². The Morgan fingerprint density at radius 3 is 2.52 bits per heavy atom. The second-order valence-electron chi connectivity index (χ2n) is 6.77. The zero-order valence-corrected chi connectivity index (χ0v) is 19.1. The van der Waals surface area contributed by atoms with Gasteiger partial charge in [-0.05, 0) is 54.1 Å². The minimum Gasteiger partial charge on any atom is -0.497 e. The standard InChI is InChI=1S/C22H20Cl2N2O4S/c1-26(14-15-5-3-8-19(11-15)30-2)22(27)16-6-4-7-18(12-16)25-31(28,29)21-13-17(23)9-10-20(21)24/h3-13,25H,14H2,1-2H3. The number of amides is 1. The Bertz CT molecular complexity index is 1220. The second-order valence-corrected chi connectivity index (χ2v) is 9.27. The first-order valence-electron chi connectivity index (χ1n) is 9.16. The summed E-state index contributed by atoms with van der Waals surface area (Å²) in [5.41, 5.74) is 1.47. The summed E-state index contributed by atoms with van der Waals surface area (Å²) in [6.45, 7) is 0.365. The maximum Gasteiger partial charge on any atom is 0.263 e. The Morgan fingerprint density at radius 2 is 1.77 bits per heavy atom. The molecule has 31 heavy (non-hydrogen) atoms. The van der Waals surface area contributed by atoms with Gasteiger partial charge in [0.05, 0.1) is 12.1 Å². The molecule has 0 aliphatic heterocycles. The third-order valence-electron chi connectivity index (χ3n) is 4.45. The number of nitrogens with one attached hydrogen (secondary N) is 1. The lowest BCUT2D eigenvalue weighted by molar-refractivity contribution is 0.0785. The smallest absolute Gasteiger partial charge is 0.263 e. The van der Waals surface area contributed by atoms with E-state index in [1.807, 2.05) is 24.3 Å². The van der Waals surface area contributed by atoms with Gasteiger partial charge in [-0.15, -0.1) is 0 Å².